The van der Waals surface area contributed by atoms with Crippen LogP contribution in [0, 0.1) is 5.92 Å². The van der Waals surface area contributed by atoms with Crippen LogP contribution in [0.3, 0.4) is 0 Å². The minimum atomic E-state index is -0.225. The van der Waals surface area contributed by atoms with E-state index in [1.54, 1.807) is 18.2 Å². The fourth-order valence-corrected chi connectivity index (χ4v) is 2.86. The molecule has 1 heterocycles. The van der Waals surface area contributed by atoms with Gasteiger partial charge in [0, 0.05) is 18.0 Å². The molecule has 0 aromatic heterocycles. The zero-order valence-electron chi connectivity index (χ0n) is 14.8. The molecule has 2 N–H and O–H groups in total. The van der Waals surface area contributed by atoms with Gasteiger partial charge in [-0.25, -0.2) is 5.43 Å². The van der Waals surface area contributed by atoms with Crippen molar-refractivity contribution in [2.24, 2.45) is 11.0 Å². The maximum Gasteiger partial charge on any atom is 0.259 e. The van der Waals surface area contributed by atoms with Crippen molar-refractivity contribution in [2.75, 3.05) is 11.9 Å². The van der Waals surface area contributed by atoms with Crippen molar-refractivity contribution in [3.05, 3.63) is 59.7 Å². The van der Waals surface area contributed by atoms with Gasteiger partial charge in [0.25, 0.3) is 5.91 Å². The lowest BCUT2D eigenvalue weighted by atomic mass is 9.94. The summed E-state index contributed by atoms with van der Waals surface area (Å²) in [5, 5.41) is 7.02. The van der Waals surface area contributed by atoms with Crippen molar-refractivity contribution in [1.82, 2.24) is 5.43 Å². The van der Waals surface area contributed by atoms with Gasteiger partial charge in [0.05, 0.1) is 17.9 Å². The van der Waals surface area contributed by atoms with E-state index in [-0.39, 0.29) is 17.7 Å². The highest BCUT2D eigenvalue weighted by Crippen LogP contribution is 2.21. The Kier molecular flexibility index (Phi) is 5.31. The lowest BCUT2D eigenvalue weighted by Crippen LogP contribution is -2.31. The average molecular weight is 351 g/mol. The number of rotatable bonds is 5. The summed E-state index contributed by atoms with van der Waals surface area (Å²) in [6, 6.07) is 14.6. The first-order valence-corrected chi connectivity index (χ1v) is 8.58. The Morgan fingerprint density at radius 2 is 1.96 bits per heavy atom. The fourth-order valence-electron chi connectivity index (χ4n) is 2.86. The standard InChI is InChI=1S/C20H21N3O3/c1-3-26-17-7-5-4-6-16(17)20(25)21-15-10-8-14(9-11-15)19-13(2)12-18(24)22-23-19/h4-11,13H,3,12H2,1-2H3,(H,21,25)(H,22,24). The minimum absolute atomic E-state index is 0.0576. The summed E-state index contributed by atoms with van der Waals surface area (Å²) >= 11 is 0. The smallest absolute Gasteiger partial charge is 0.259 e. The fraction of sp³-hybridized carbons (Fsp3) is 0.250. The number of carbonyl (C=O) groups excluding carboxylic acids is 2. The third-order valence-corrected chi connectivity index (χ3v) is 4.13. The minimum Gasteiger partial charge on any atom is -0.493 e. The third kappa shape index (κ3) is 3.91. The Morgan fingerprint density at radius 1 is 1.23 bits per heavy atom. The summed E-state index contributed by atoms with van der Waals surface area (Å²) in [7, 11) is 0. The molecule has 0 spiro atoms. The van der Waals surface area contributed by atoms with Crippen LogP contribution < -0.4 is 15.5 Å². The van der Waals surface area contributed by atoms with E-state index in [2.05, 4.69) is 15.8 Å². The molecule has 6 nitrogen and oxygen atoms in total. The number of hydrogen-bond donors (Lipinski definition) is 2. The van der Waals surface area contributed by atoms with Crippen LogP contribution in [0.25, 0.3) is 0 Å². The van der Waals surface area contributed by atoms with E-state index >= 15 is 0 Å². The normalized spacial score (nSPS) is 16.5. The van der Waals surface area contributed by atoms with Crippen molar-refractivity contribution in [1.29, 1.82) is 0 Å². The number of carbonyl (C=O) groups is 2. The maximum atomic E-state index is 12.5. The molecule has 1 unspecified atom stereocenters. The summed E-state index contributed by atoms with van der Waals surface area (Å²) in [5.41, 5.74) is 5.44. The monoisotopic (exact) mass is 351 g/mol. The molecular formula is C20H21N3O3. The van der Waals surface area contributed by atoms with Crippen LogP contribution in [-0.2, 0) is 4.79 Å². The van der Waals surface area contributed by atoms with Gasteiger partial charge in [0.1, 0.15) is 5.75 Å². The number of hydrogen-bond acceptors (Lipinski definition) is 4. The number of hydrazone groups is 1. The largest absolute Gasteiger partial charge is 0.493 e. The van der Waals surface area contributed by atoms with Crippen molar-refractivity contribution in [3.8, 4) is 5.75 Å². The second-order valence-electron chi connectivity index (χ2n) is 6.10. The van der Waals surface area contributed by atoms with Gasteiger partial charge in [-0.3, -0.25) is 9.59 Å². The summed E-state index contributed by atoms with van der Waals surface area (Å²) in [6.07, 6.45) is 0.422. The molecule has 2 aromatic carbocycles. The molecule has 26 heavy (non-hydrogen) atoms. The Bertz CT molecular complexity index is 844. The summed E-state index contributed by atoms with van der Waals surface area (Å²) in [5.74, 6) is 0.322. The number of para-hydroxylation sites is 1. The number of nitrogens with zero attached hydrogens (tertiary/aromatic N) is 1. The van der Waals surface area contributed by atoms with E-state index in [0.29, 0.717) is 30.0 Å². The lowest BCUT2D eigenvalue weighted by molar-refractivity contribution is -0.121. The molecule has 0 saturated heterocycles. The van der Waals surface area contributed by atoms with Gasteiger partial charge in [-0.1, -0.05) is 31.2 Å². The van der Waals surface area contributed by atoms with Gasteiger partial charge in [-0.15, -0.1) is 0 Å². The van der Waals surface area contributed by atoms with Crippen LogP contribution >= 0.6 is 0 Å². The van der Waals surface area contributed by atoms with Gasteiger partial charge < -0.3 is 10.1 Å². The first-order chi connectivity index (χ1) is 12.6. The molecule has 1 aliphatic rings. The molecule has 6 heteroatoms. The zero-order chi connectivity index (χ0) is 18.5. The Morgan fingerprint density at radius 3 is 2.65 bits per heavy atom. The second-order valence-corrected chi connectivity index (χ2v) is 6.10. The average Bonchev–Trinajstić information content (AvgIpc) is 2.63. The van der Waals surface area contributed by atoms with E-state index < -0.39 is 0 Å². The van der Waals surface area contributed by atoms with Crippen molar-refractivity contribution in [3.63, 3.8) is 0 Å². The maximum absolute atomic E-state index is 12.5. The molecule has 134 valence electrons. The topological polar surface area (TPSA) is 79.8 Å². The number of ether oxygens (including phenoxy) is 1. The molecular weight excluding hydrogens is 330 g/mol. The van der Waals surface area contributed by atoms with Crippen LogP contribution in [-0.4, -0.2) is 24.1 Å². The molecule has 0 fully saturated rings. The van der Waals surface area contributed by atoms with E-state index in [9.17, 15) is 9.59 Å². The van der Waals surface area contributed by atoms with Gasteiger partial charge in [-0.05, 0) is 36.8 Å². The van der Waals surface area contributed by atoms with E-state index in [0.717, 1.165) is 11.3 Å². The number of benzene rings is 2. The van der Waals surface area contributed by atoms with Crippen LogP contribution in [0.15, 0.2) is 53.6 Å². The first-order valence-electron chi connectivity index (χ1n) is 8.58. The predicted octanol–water partition coefficient (Wildman–Crippen LogP) is 3.20. The molecule has 1 atom stereocenters. The van der Waals surface area contributed by atoms with E-state index in [1.165, 1.54) is 0 Å². The van der Waals surface area contributed by atoms with E-state index in [1.807, 2.05) is 44.2 Å². The van der Waals surface area contributed by atoms with Crippen LogP contribution in [0.5, 0.6) is 5.75 Å². The SMILES string of the molecule is CCOc1ccccc1C(=O)Nc1ccc(C2=NNC(=O)CC2C)cc1. The van der Waals surface area contributed by atoms with Crippen molar-refractivity contribution >= 4 is 23.2 Å². The van der Waals surface area contributed by atoms with Gasteiger partial charge in [-0.2, -0.15) is 5.10 Å². The zero-order valence-corrected chi connectivity index (χ0v) is 14.8. The molecule has 0 aliphatic carbocycles. The van der Waals surface area contributed by atoms with Crippen LogP contribution in [0.4, 0.5) is 5.69 Å². The number of amides is 2. The molecule has 0 saturated carbocycles. The first kappa shape index (κ1) is 17.7. The second kappa shape index (κ2) is 7.82. The number of nitrogens with one attached hydrogen (secondary N) is 2. The Labute approximate surface area is 152 Å². The highest BCUT2D eigenvalue weighted by Gasteiger charge is 2.21. The van der Waals surface area contributed by atoms with Gasteiger partial charge in [0.15, 0.2) is 0 Å². The van der Waals surface area contributed by atoms with Crippen molar-refractivity contribution < 1.29 is 14.3 Å². The molecule has 1 aliphatic heterocycles. The molecule has 0 bridgehead atoms. The predicted molar refractivity (Wildman–Crippen MR) is 100 cm³/mol. The van der Waals surface area contributed by atoms with Crippen molar-refractivity contribution in [2.45, 2.75) is 20.3 Å². The highest BCUT2D eigenvalue weighted by molar-refractivity contribution is 6.08. The Hall–Kier alpha value is -3.15. The molecule has 0 radical (unpaired) electrons. The lowest BCUT2D eigenvalue weighted by Gasteiger charge is -2.19. The number of anilines is 1. The van der Waals surface area contributed by atoms with Gasteiger partial charge >= 0.3 is 0 Å². The van der Waals surface area contributed by atoms with Crippen LogP contribution in [0.1, 0.15) is 36.2 Å². The molecule has 2 amide bonds. The highest BCUT2D eigenvalue weighted by atomic mass is 16.5. The molecule has 2 aromatic rings. The van der Waals surface area contributed by atoms with E-state index in [4.69, 9.17) is 4.74 Å². The summed E-state index contributed by atoms with van der Waals surface area (Å²) in [6.45, 7) is 4.35. The summed E-state index contributed by atoms with van der Waals surface area (Å²) < 4.78 is 5.50. The quantitative estimate of drug-likeness (QED) is 0.868. The Balaban J connectivity index is 1.74. The van der Waals surface area contributed by atoms with Crippen LogP contribution in [0.2, 0.25) is 0 Å². The third-order valence-electron chi connectivity index (χ3n) is 4.13. The molecule has 3 rings (SSSR count). The van der Waals surface area contributed by atoms with Gasteiger partial charge in [0.2, 0.25) is 5.91 Å². The summed E-state index contributed by atoms with van der Waals surface area (Å²) in [4.78, 5) is 23.9.